The van der Waals surface area contributed by atoms with Gasteiger partial charge in [0, 0.05) is 25.4 Å². The van der Waals surface area contributed by atoms with Crippen LogP contribution in [0.15, 0.2) is 41.6 Å². The summed E-state index contributed by atoms with van der Waals surface area (Å²) in [5.74, 6) is -3.20. The fourth-order valence-electron chi connectivity index (χ4n) is 7.02. The number of urea groups is 2. The molecule has 0 spiro atoms. The van der Waals surface area contributed by atoms with Crippen LogP contribution < -0.4 is 25.3 Å². The van der Waals surface area contributed by atoms with Crippen LogP contribution in [0.5, 0.6) is 0 Å². The first-order valence-corrected chi connectivity index (χ1v) is 19.7. The fraction of sp³-hybridized carbons (Fsp3) is 0.371. The first kappa shape index (κ1) is 38.6. The van der Waals surface area contributed by atoms with Crippen LogP contribution in [0, 0.1) is 23.3 Å². The van der Waals surface area contributed by atoms with Gasteiger partial charge in [-0.2, -0.15) is 4.98 Å². The molecular weight excluding hydrogens is 787 g/mol. The van der Waals surface area contributed by atoms with Crippen LogP contribution in [0.2, 0.25) is 10.3 Å². The molecule has 55 heavy (non-hydrogen) atoms. The summed E-state index contributed by atoms with van der Waals surface area (Å²) in [6.45, 7) is 3.92. The molecule has 4 aliphatic heterocycles. The lowest BCUT2D eigenvalue weighted by Gasteiger charge is -2.40. The van der Waals surface area contributed by atoms with E-state index in [4.69, 9.17) is 23.2 Å². The van der Waals surface area contributed by atoms with Gasteiger partial charge in [-0.15, -0.1) is 0 Å². The lowest BCUT2D eigenvalue weighted by Crippen LogP contribution is -2.47. The predicted molar refractivity (Wildman–Crippen MR) is 199 cm³/mol. The second kappa shape index (κ2) is 16.2. The third kappa shape index (κ3) is 7.77. The molecule has 8 rings (SSSR count). The number of likely N-dealkylation sites (tertiary alicyclic amines) is 1. The topological polar surface area (TPSA) is 140 Å². The van der Waals surface area contributed by atoms with E-state index in [0.717, 1.165) is 73.1 Å². The molecule has 0 saturated carbocycles. The van der Waals surface area contributed by atoms with Crippen molar-refractivity contribution in [3.63, 3.8) is 0 Å². The molecular formula is C35H34Cl2F4N10O3S. The zero-order valence-corrected chi connectivity index (χ0v) is 31.6. The molecule has 6 heterocycles. The van der Waals surface area contributed by atoms with E-state index >= 15 is 0 Å². The first-order chi connectivity index (χ1) is 26.4. The van der Waals surface area contributed by atoms with Crippen molar-refractivity contribution in [2.24, 2.45) is 0 Å². The van der Waals surface area contributed by atoms with Gasteiger partial charge in [0.15, 0.2) is 11.6 Å². The Morgan fingerprint density at radius 1 is 0.691 bits per heavy atom. The van der Waals surface area contributed by atoms with Gasteiger partial charge in [-0.05, 0) is 63.0 Å². The Morgan fingerprint density at radius 2 is 1.16 bits per heavy atom. The van der Waals surface area contributed by atoms with Crippen molar-refractivity contribution in [3.8, 4) is 0 Å². The number of carbonyl (C=O) groups is 2. The summed E-state index contributed by atoms with van der Waals surface area (Å²) in [7, 11) is -1.58. The average Bonchev–Trinajstić information content (AvgIpc) is 3.16. The van der Waals surface area contributed by atoms with E-state index in [2.05, 4.69) is 35.5 Å². The summed E-state index contributed by atoms with van der Waals surface area (Å²) < 4.78 is 68.8. The van der Waals surface area contributed by atoms with Gasteiger partial charge in [-0.25, -0.2) is 51.9 Å². The molecule has 2 fully saturated rings. The maximum Gasteiger partial charge on any atom is 0.328 e. The molecule has 0 aliphatic carbocycles. The highest BCUT2D eigenvalue weighted by Gasteiger charge is 2.36. The van der Waals surface area contributed by atoms with Crippen LogP contribution in [0.25, 0.3) is 0 Å². The van der Waals surface area contributed by atoms with Gasteiger partial charge in [-0.3, -0.25) is 4.21 Å². The number of anilines is 5. The molecule has 1 unspecified atom stereocenters. The minimum absolute atomic E-state index is 0.00377. The Morgan fingerprint density at radius 3 is 1.65 bits per heavy atom. The van der Waals surface area contributed by atoms with E-state index in [1.165, 1.54) is 37.7 Å². The number of aromatic nitrogens is 4. The van der Waals surface area contributed by atoms with Crippen molar-refractivity contribution in [2.75, 3.05) is 47.1 Å². The van der Waals surface area contributed by atoms with Crippen LogP contribution in [0.1, 0.15) is 43.2 Å². The molecule has 4 aliphatic rings. The van der Waals surface area contributed by atoms with Crippen LogP contribution in [-0.4, -0.2) is 79.6 Å². The first-order valence-electron chi connectivity index (χ1n) is 17.4. The largest absolute Gasteiger partial charge is 0.341 e. The Hall–Kier alpha value is -4.65. The monoisotopic (exact) mass is 820 g/mol. The molecule has 2 saturated heterocycles. The van der Waals surface area contributed by atoms with Crippen molar-refractivity contribution in [1.82, 2.24) is 35.5 Å². The van der Waals surface area contributed by atoms with Gasteiger partial charge in [0.25, 0.3) is 0 Å². The maximum absolute atomic E-state index is 14.5. The fourth-order valence-corrected chi connectivity index (χ4v) is 7.96. The SMILES string of the molecule is CS(=O)c1nc(Cl)c2c(n1)N(c1c(F)cccc1F)C(=O)NC2.O=C1NCc2c(Cl)nc(N3CCC(N4CCCCC4)CC3)nc2N1c1c(F)cccc1F. The number of benzene rings is 2. The number of nitrogens with zero attached hydrogens (tertiary/aromatic N) is 8. The van der Waals surface area contributed by atoms with Crippen LogP contribution >= 0.6 is 23.2 Å². The van der Waals surface area contributed by atoms with Gasteiger partial charge in [0.05, 0.1) is 35.0 Å². The molecule has 290 valence electrons. The molecule has 0 bridgehead atoms. The summed E-state index contributed by atoms with van der Waals surface area (Å²) in [5.41, 5.74) is -0.354. The summed E-state index contributed by atoms with van der Waals surface area (Å²) in [6.07, 6.45) is 7.13. The number of amides is 4. The number of hydrogen-bond donors (Lipinski definition) is 2. The Balaban J connectivity index is 0.000000179. The van der Waals surface area contributed by atoms with Gasteiger partial charge >= 0.3 is 12.1 Å². The smallest absolute Gasteiger partial charge is 0.328 e. The summed E-state index contributed by atoms with van der Waals surface area (Å²) in [5, 5.41) is 5.03. The number of rotatable bonds is 5. The highest BCUT2D eigenvalue weighted by atomic mass is 35.5. The quantitative estimate of drug-likeness (QED) is 0.128. The number of carbonyl (C=O) groups excluding carboxylic acids is 2. The molecule has 4 amide bonds. The van der Waals surface area contributed by atoms with Crippen LogP contribution in [0.4, 0.5) is 56.1 Å². The highest BCUT2D eigenvalue weighted by molar-refractivity contribution is 7.84. The summed E-state index contributed by atoms with van der Waals surface area (Å²) >= 11 is 12.5. The molecule has 20 heteroatoms. The lowest BCUT2D eigenvalue weighted by atomic mass is 10.00. The number of para-hydroxylation sites is 2. The van der Waals surface area contributed by atoms with Crippen LogP contribution in [0.3, 0.4) is 0 Å². The predicted octanol–water partition coefficient (Wildman–Crippen LogP) is 6.73. The molecule has 1 atom stereocenters. The minimum Gasteiger partial charge on any atom is -0.341 e. The highest BCUT2D eigenvalue weighted by Crippen LogP contribution is 2.39. The third-order valence-corrected chi connectivity index (χ3v) is 11.1. The molecule has 4 aromatic rings. The van der Waals surface area contributed by atoms with Crippen molar-refractivity contribution in [3.05, 3.63) is 81.1 Å². The van der Waals surface area contributed by atoms with Gasteiger partial charge < -0.3 is 20.4 Å². The van der Waals surface area contributed by atoms with E-state index in [1.54, 1.807) is 0 Å². The number of fused-ring (bicyclic) bond motifs is 2. The van der Waals surface area contributed by atoms with Crippen molar-refractivity contribution in [2.45, 2.75) is 56.4 Å². The third-order valence-electron chi connectivity index (χ3n) is 9.73. The summed E-state index contributed by atoms with van der Waals surface area (Å²) in [6, 6.07) is 5.79. The number of hydrogen-bond acceptors (Lipinski definition) is 9. The summed E-state index contributed by atoms with van der Waals surface area (Å²) in [4.78, 5) is 48.0. The number of piperidine rings is 2. The van der Waals surface area contributed by atoms with E-state index < -0.39 is 57.5 Å². The minimum atomic E-state index is -1.58. The maximum atomic E-state index is 14.5. The van der Waals surface area contributed by atoms with E-state index in [0.29, 0.717) is 17.6 Å². The lowest BCUT2D eigenvalue weighted by molar-refractivity contribution is 0.141. The Kier molecular flexibility index (Phi) is 11.4. The number of halogens is 6. The molecule has 2 aromatic heterocycles. The number of nitrogens with one attached hydrogen (secondary N) is 2. The molecule has 2 N–H and O–H groups in total. The zero-order valence-electron chi connectivity index (χ0n) is 29.3. The van der Waals surface area contributed by atoms with Crippen molar-refractivity contribution >= 4 is 75.0 Å². The zero-order chi connectivity index (χ0) is 39.0. The Bertz CT molecular complexity index is 2130. The second-order valence-corrected chi connectivity index (χ2v) is 15.1. The second-order valence-electron chi connectivity index (χ2n) is 13.1. The molecule has 13 nitrogen and oxygen atoms in total. The van der Waals surface area contributed by atoms with Gasteiger partial charge in [0.2, 0.25) is 11.1 Å². The van der Waals surface area contributed by atoms with Crippen molar-refractivity contribution < 1.29 is 31.4 Å². The normalized spacial score (nSPS) is 18.1. The standard InChI is InChI=1S/C22H25ClF2N6O.C13H9ClF2N4O2S/c23-19-15-13-26-22(32)31(18-16(24)5-4-6-17(18)25)20(15)28-21(27-19)30-11-7-14(8-12-30)29-9-2-1-3-10-29;1-23(22)12-18-10(14)6-5-17-13(21)20(11(6)19-12)9-7(15)3-2-4-8(9)16/h4-6,14H,1-3,7-13H2,(H,26,32);2-4H,5H2,1H3,(H,17,21). The van der Waals surface area contributed by atoms with E-state index in [1.807, 2.05) is 4.90 Å². The molecule has 2 aromatic carbocycles. The van der Waals surface area contributed by atoms with E-state index in [-0.39, 0.29) is 45.8 Å². The molecule has 0 radical (unpaired) electrons. The van der Waals surface area contributed by atoms with Crippen molar-refractivity contribution in [1.29, 1.82) is 0 Å². The average molecular weight is 822 g/mol. The van der Waals surface area contributed by atoms with Gasteiger partial charge in [-0.1, -0.05) is 41.8 Å². The Labute approximate surface area is 325 Å². The van der Waals surface area contributed by atoms with Crippen LogP contribution in [-0.2, 0) is 23.9 Å². The van der Waals surface area contributed by atoms with Gasteiger partial charge in [0.1, 0.15) is 44.9 Å². The van der Waals surface area contributed by atoms with E-state index in [9.17, 15) is 31.4 Å².